The van der Waals surface area contributed by atoms with Gasteiger partial charge in [-0.1, -0.05) is 6.07 Å². The first-order chi connectivity index (χ1) is 15.9. The lowest BCUT2D eigenvalue weighted by atomic mass is 10.0. The molecule has 1 saturated heterocycles. The molecule has 166 valence electrons. The van der Waals surface area contributed by atoms with Gasteiger partial charge in [-0.05, 0) is 40.8 Å². The van der Waals surface area contributed by atoms with Crippen LogP contribution < -0.4 is 5.56 Å². The molecular formula is C23H18F2N6OS. The molecule has 1 aliphatic heterocycles. The van der Waals surface area contributed by atoms with Crippen molar-refractivity contribution in [1.82, 2.24) is 30.0 Å². The van der Waals surface area contributed by atoms with E-state index in [1.54, 1.807) is 23.4 Å². The second-order valence-corrected chi connectivity index (χ2v) is 9.20. The Labute approximate surface area is 190 Å². The molecule has 0 unspecified atom stereocenters. The molecule has 0 radical (unpaired) electrons. The quantitative estimate of drug-likeness (QED) is 0.411. The number of aromatic amines is 2. The number of halogens is 2. The number of nitrogens with zero attached hydrogens (tertiary/aromatic N) is 4. The van der Waals surface area contributed by atoms with Gasteiger partial charge in [-0.15, -0.1) is 11.3 Å². The minimum Gasteiger partial charge on any atom is -0.329 e. The van der Waals surface area contributed by atoms with Crippen molar-refractivity contribution in [2.24, 2.45) is 0 Å². The maximum atomic E-state index is 13.5. The van der Waals surface area contributed by atoms with Crippen molar-refractivity contribution in [3.8, 4) is 22.6 Å². The molecule has 5 heterocycles. The van der Waals surface area contributed by atoms with Crippen molar-refractivity contribution < 1.29 is 8.78 Å². The van der Waals surface area contributed by atoms with Crippen LogP contribution in [0.2, 0.25) is 0 Å². The number of likely N-dealkylation sites (tertiary alicyclic amines) is 1. The maximum absolute atomic E-state index is 13.5. The molecule has 1 aliphatic rings. The standard InChI is InChI=1S/C23H18F2N6OS/c24-23(25)4-5-31(12-23)11-13-7-15(10-26-9-13)14-1-2-18-17(8-14)19(30-29-18)20-27-21(32)16-3-6-33-22(16)28-20/h1-3,6-10H,4-5,11-12H2,(H,29,30)(H,27,28,32). The van der Waals surface area contributed by atoms with E-state index in [2.05, 4.69) is 25.1 Å². The van der Waals surface area contributed by atoms with Crippen molar-refractivity contribution in [2.45, 2.75) is 18.9 Å². The molecule has 0 amide bonds. The van der Waals surface area contributed by atoms with Gasteiger partial charge in [0.05, 0.1) is 17.4 Å². The van der Waals surface area contributed by atoms with Gasteiger partial charge in [0.1, 0.15) is 10.5 Å². The Bertz CT molecular complexity index is 1560. The summed E-state index contributed by atoms with van der Waals surface area (Å²) in [5.74, 6) is -2.21. The summed E-state index contributed by atoms with van der Waals surface area (Å²) in [5.41, 5.74) is 3.74. The van der Waals surface area contributed by atoms with E-state index < -0.39 is 5.92 Å². The summed E-state index contributed by atoms with van der Waals surface area (Å²) in [6.07, 6.45) is 3.36. The van der Waals surface area contributed by atoms with Gasteiger partial charge in [0.2, 0.25) is 0 Å². The second-order valence-electron chi connectivity index (χ2n) is 8.29. The lowest BCUT2D eigenvalue weighted by Gasteiger charge is -2.15. The second kappa shape index (κ2) is 7.53. The molecule has 2 N–H and O–H groups in total. The Morgan fingerprint density at radius 3 is 2.88 bits per heavy atom. The monoisotopic (exact) mass is 464 g/mol. The third-order valence-corrected chi connectivity index (χ3v) is 6.74. The Morgan fingerprint density at radius 2 is 2.03 bits per heavy atom. The highest BCUT2D eigenvalue weighted by molar-refractivity contribution is 7.16. The normalized spacial score (nSPS) is 16.2. The van der Waals surface area contributed by atoms with E-state index in [4.69, 9.17) is 0 Å². The van der Waals surface area contributed by atoms with Crippen molar-refractivity contribution in [2.75, 3.05) is 13.1 Å². The van der Waals surface area contributed by atoms with Gasteiger partial charge < -0.3 is 4.98 Å². The molecule has 1 fully saturated rings. The maximum Gasteiger partial charge on any atom is 0.282 e. The van der Waals surface area contributed by atoms with Gasteiger partial charge in [-0.25, -0.2) is 8.78 Å². The Kier molecular flexibility index (Phi) is 4.59. The molecule has 7 nitrogen and oxygen atoms in total. The van der Waals surface area contributed by atoms with E-state index in [1.807, 2.05) is 29.6 Å². The predicted molar refractivity (Wildman–Crippen MR) is 123 cm³/mol. The van der Waals surface area contributed by atoms with Crippen LogP contribution >= 0.6 is 11.3 Å². The number of nitrogens with one attached hydrogen (secondary N) is 2. The number of H-pyrrole nitrogens is 2. The number of thiophene rings is 1. The summed E-state index contributed by atoms with van der Waals surface area (Å²) >= 11 is 1.44. The molecular weight excluding hydrogens is 446 g/mol. The highest BCUT2D eigenvalue weighted by Crippen LogP contribution is 2.31. The van der Waals surface area contributed by atoms with Crippen LogP contribution in [0.3, 0.4) is 0 Å². The lowest BCUT2D eigenvalue weighted by Crippen LogP contribution is -2.24. The van der Waals surface area contributed by atoms with Crippen molar-refractivity contribution >= 4 is 32.5 Å². The highest BCUT2D eigenvalue weighted by Gasteiger charge is 2.37. The fourth-order valence-electron chi connectivity index (χ4n) is 4.29. The van der Waals surface area contributed by atoms with Crippen molar-refractivity contribution in [1.29, 1.82) is 0 Å². The van der Waals surface area contributed by atoms with Gasteiger partial charge >= 0.3 is 0 Å². The van der Waals surface area contributed by atoms with Crippen LogP contribution in [-0.4, -0.2) is 49.1 Å². The fraction of sp³-hybridized carbons (Fsp3) is 0.217. The fourth-order valence-corrected chi connectivity index (χ4v) is 5.07. The zero-order chi connectivity index (χ0) is 22.6. The molecule has 1 aromatic carbocycles. The predicted octanol–water partition coefficient (Wildman–Crippen LogP) is 4.43. The van der Waals surface area contributed by atoms with Gasteiger partial charge in [-0.3, -0.25) is 19.8 Å². The summed E-state index contributed by atoms with van der Waals surface area (Å²) in [5, 5.41) is 10.6. The average Bonchev–Trinajstić information content (AvgIpc) is 3.51. The molecule has 10 heteroatoms. The number of hydrogen-bond donors (Lipinski definition) is 2. The number of benzene rings is 1. The van der Waals surface area contributed by atoms with Crippen LogP contribution in [0, 0.1) is 0 Å². The molecule has 6 rings (SSSR count). The van der Waals surface area contributed by atoms with Gasteiger partial charge in [0.25, 0.3) is 11.5 Å². The molecule has 33 heavy (non-hydrogen) atoms. The van der Waals surface area contributed by atoms with E-state index in [0.717, 1.165) is 32.4 Å². The van der Waals surface area contributed by atoms with Crippen molar-refractivity contribution in [3.05, 3.63) is 64.0 Å². The van der Waals surface area contributed by atoms with Crippen LogP contribution in [0.1, 0.15) is 12.0 Å². The number of hydrogen-bond acceptors (Lipinski definition) is 6. The molecule has 0 spiro atoms. The van der Waals surface area contributed by atoms with Crippen LogP contribution in [-0.2, 0) is 6.54 Å². The zero-order valence-corrected chi connectivity index (χ0v) is 18.1. The summed E-state index contributed by atoms with van der Waals surface area (Å²) < 4.78 is 27.1. The number of pyridine rings is 1. The van der Waals surface area contributed by atoms with Crippen LogP contribution in [0.25, 0.3) is 43.8 Å². The lowest BCUT2D eigenvalue weighted by molar-refractivity contribution is 0.0115. The van der Waals surface area contributed by atoms with E-state index in [9.17, 15) is 13.6 Å². The Hall–Kier alpha value is -3.50. The third kappa shape index (κ3) is 3.70. The molecule has 5 aromatic rings. The largest absolute Gasteiger partial charge is 0.329 e. The molecule has 0 bridgehead atoms. The first-order valence-corrected chi connectivity index (χ1v) is 11.3. The van der Waals surface area contributed by atoms with Crippen LogP contribution in [0.4, 0.5) is 8.78 Å². The first kappa shape index (κ1) is 20.1. The topological polar surface area (TPSA) is 90.6 Å². The number of fused-ring (bicyclic) bond motifs is 2. The number of alkyl halides is 2. The number of aromatic nitrogens is 5. The third-order valence-electron chi connectivity index (χ3n) is 5.91. The summed E-state index contributed by atoms with van der Waals surface area (Å²) in [4.78, 5) is 26.6. The summed E-state index contributed by atoms with van der Waals surface area (Å²) in [6, 6.07) is 9.56. The zero-order valence-electron chi connectivity index (χ0n) is 17.3. The van der Waals surface area contributed by atoms with Crippen LogP contribution in [0.15, 0.2) is 52.9 Å². The molecule has 4 aromatic heterocycles. The minimum atomic E-state index is -2.62. The average molecular weight is 465 g/mol. The van der Waals surface area contributed by atoms with E-state index in [0.29, 0.717) is 30.0 Å². The van der Waals surface area contributed by atoms with E-state index in [1.165, 1.54) is 11.3 Å². The summed E-state index contributed by atoms with van der Waals surface area (Å²) in [6.45, 7) is 0.588. The molecule has 0 atom stereocenters. The SMILES string of the molecule is O=c1nc(-c2n[nH]c3ccc(-c4cncc(CN5CCC(F)(F)C5)c4)cc23)[nH]c2sccc12. The van der Waals surface area contributed by atoms with Crippen molar-refractivity contribution in [3.63, 3.8) is 0 Å². The number of rotatable bonds is 4. The minimum absolute atomic E-state index is 0.104. The molecule has 0 saturated carbocycles. The van der Waals surface area contributed by atoms with Gasteiger partial charge in [0, 0.05) is 42.9 Å². The Balaban J connectivity index is 1.36. The summed E-state index contributed by atoms with van der Waals surface area (Å²) in [7, 11) is 0. The highest BCUT2D eigenvalue weighted by atomic mass is 32.1. The van der Waals surface area contributed by atoms with E-state index >= 15 is 0 Å². The first-order valence-electron chi connectivity index (χ1n) is 10.5. The van der Waals surface area contributed by atoms with E-state index in [-0.39, 0.29) is 18.5 Å². The van der Waals surface area contributed by atoms with Gasteiger partial charge in [-0.2, -0.15) is 10.1 Å². The smallest absolute Gasteiger partial charge is 0.282 e. The van der Waals surface area contributed by atoms with Gasteiger partial charge in [0.15, 0.2) is 5.82 Å². The molecule has 0 aliphatic carbocycles. The Morgan fingerprint density at radius 1 is 1.12 bits per heavy atom. The van der Waals surface area contributed by atoms with Crippen LogP contribution in [0.5, 0.6) is 0 Å².